The molecule has 0 saturated carbocycles. The molecule has 0 radical (unpaired) electrons. The number of pyridine rings is 1. The lowest BCUT2D eigenvalue weighted by Crippen LogP contribution is -2.30. The molecule has 0 spiro atoms. The van der Waals surface area contributed by atoms with Gasteiger partial charge >= 0.3 is 0 Å². The lowest BCUT2D eigenvalue weighted by Gasteiger charge is -2.12. The molecule has 0 atom stereocenters. The predicted molar refractivity (Wildman–Crippen MR) is 100 cm³/mol. The number of nitrogens with zero attached hydrogens (tertiary/aromatic N) is 4. The van der Waals surface area contributed by atoms with Crippen LogP contribution in [-0.4, -0.2) is 26.4 Å². The maximum absolute atomic E-state index is 12.7. The van der Waals surface area contributed by atoms with Gasteiger partial charge in [-0.15, -0.1) is 0 Å². The number of carbonyl (C=O) groups excluding carboxylic acids is 1. The fraction of sp³-hybridized carbons (Fsp3) is 0.211. The highest BCUT2D eigenvalue weighted by Gasteiger charge is 2.17. The third-order valence-electron chi connectivity index (χ3n) is 3.94. The molecule has 1 amide bonds. The molecule has 2 heterocycles. The van der Waals surface area contributed by atoms with Gasteiger partial charge in [-0.3, -0.25) is 14.6 Å². The van der Waals surface area contributed by atoms with Crippen molar-refractivity contribution in [3.8, 4) is 0 Å². The molecule has 0 unspecified atom stereocenters. The summed E-state index contributed by atoms with van der Waals surface area (Å²) in [5.74, 6) is -0.473. The molecule has 26 heavy (non-hydrogen) atoms. The summed E-state index contributed by atoms with van der Waals surface area (Å²) in [6.07, 6.45) is 3.33. The fourth-order valence-electron chi connectivity index (χ4n) is 2.55. The van der Waals surface area contributed by atoms with E-state index >= 15 is 0 Å². The summed E-state index contributed by atoms with van der Waals surface area (Å²) < 4.78 is 1.31. The van der Waals surface area contributed by atoms with Crippen molar-refractivity contribution in [3.63, 3.8) is 0 Å². The highest BCUT2D eigenvalue weighted by molar-refractivity contribution is 6.06. The Morgan fingerprint density at radius 3 is 2.54 bits per heavy atom. The van der Waals surface area contributed by atoms with E-state index in [1.807, 2.05) is 19.9 Å². The van der Waals surface area contributed by atoms with Gasteiger partial charge in [0.25, 0.3) is 11.5 Å². The van der Waals surface area contributed by atoms with Crippen molar-refractivity contribution >= 4 is 22.4 Å². The number of benzene rings is 1. The van der Waals surface area contributed by atoms with Gasteiger partial charge < -0.3 is 0 Å². The summed E-state index contributed by atoms with van der Waals surface area (Å²) in [5.41, 5.74) is 3.88. The molecule has 1 N–H and O–H groups in total. The van der Waals surface area contributed by atoms with E-state index < -0.39 is 5.91 Å². The van der Waals surface area contributed by atoms with Gasteiger partial charge in [-0.05, 0) is 32.9 Å². The fourth-order valence-corrected chi connectivity index (χ4v) is 2.55. The second-order valence-electron chi connectivity index (χ2n) is 6.12. The van der Waals surface area contributed by atoms with Gasteiger partial charge in [0.2, 0.25) is 0 Å². The first-order valence-electron chi connectivity index (χ1n) is 8.25. The van der Waals surface area contributed by atoms with Gasteiger partial charge in [-0.1, -0.05) is 24.3 Å². The van der Waals surface area contributed by atoms with Crippen molar-refractivity contribution in [2.75, 3.05) is 0 Å². The smallest absolute Gasteiger partial charge is 0.267 e. The summed E-state index contributed by atoms with van der Waals surface area (Å²) in [4.78, 5) is 29.2. The summed E-state index contributed by atoms with van der Waals surface area (Å²) >= 11 is 0. The van der Waals surface area contributed by atoms with Crippen LogP contribution < -0.4 is 11.0 Å². The molecular weight excluding hydrogens is 330 g/mol. The minimum Gasteiger partial charge on any atom is -0.267 e. The predicted octanol–water partition coefficient (Wildman–Crippen LogP) is 2.53. The Bertz CT molecular complexity index is 1040. The molecule has 0 aliphatic rings. The number of amides is 1. The van der Waals surface area contributed by atoms with E-state index in [2.05, 4.69) is 20.6 Å². The molecule has 0 bridgehead atoms. The highest BCUT2D eigenvalue weighted by atomic mass is 16.2. The van der Waals surface area contributed by atoms with E-state index in [4.69, 9.17) is 0 Å². The van der Waals surface area contributed by atoms with Crippen LogP contribution in [0, 0.1) is 0 Å². The second-order valence-corrected chi connectivity index (χ2v) is 6.12. The Morgan fingerprint density at radius 1 is 1.15 bits per heavy atom. The Labute approximate surface area is 150 Å². The van der Waals surface area contributed by atoms with Crippen molar-refractivity contribution < 1.29 is 4.79 Å². The average Bonchev–Trinajstić information content (AvgIpc) is 2.66. The van der Waals surface area contributed by atoms with Gasteiger partial charge in [-0.25, -0.2) is 10.1 Å². The normalized spacial score (nSPS) is 11.8. The molecule has 132 valence electrons. The Kier molecular flexibility index (Phi) is 4.88. The molecule has 0 aliphatic heterocycles. The number of nitrogens with one attached hydrogen (secondary N) is 1. The third kappa shape index (κ3) is 3.37. The number of hydrazone groups is 1. The number of hydrogen-bond donors (Lipinski definition) is 1. The SMILES string of the molecule is C/C(=N/NC(=O)c1nn(C(C)C)c(=O)c2ccccc12)c1cccnc1. The first kappa shape index (κ1) is 17.5. The standard InChI is InChI=1S/C19H19N5O2/c1-12(2)24-19(26)16-9-5-4-8-15(16)17(23-24)18(25)22-21-13(3)14-7-6-10-20-11-14/h4-12H,1-3H3,(H,22,25)/b21-13-. The van der Waals surface area contributed by atoms with Crippen molar-refractivity contribution in [1.82, 2.24) is 20.2 Å². The van der Waals surface area contributed by atoms with Crippen molar-refractivity contribution in [1.29, 1.82) is 0 Å². The van der Waals surface area contributed by atoms with Gasteiger partial charge in [0.15, 0.2) is 5.69 Å². The number of fused-ring (bicyclic) bond motifs is 1. The maximum Gasteiger partial charge on any atom is 0.292 e. The maximum atomic E-state index is 12.7. The van der Waals surface area contributed by atoms with Crippen LogP contribution in [0.2, 0.25) is 0 Å². The zero-order chi connectivity index (χ0) is 18.7. The quantitative estimate of drug-likeness (QED) is 0.579. The van der Waals surface area contributed by atoms with Crippen LogP contribution in [0.5, 0.6) is 0 Å². The molecule has 1 aromatic carbocycles. The Morgan fingerprint density at radius 2 is 1.88 bits per heavy atom. The highest BCUT2D eigenvalue weighted by Crippen LogP contribution is 2.14. The van der Waals surface area contributed by atoms with E-state index in [1.54, 1.807) is 49.6 Å². The zero-order valence-corrected chi connectivity index (χ0v) is 14.8. The van der Waals surface area contributed by atoms with Crippen molar-refractivity contribution in [3.05, 3.63) is 70.4 Å². The van der Waals surface area contributed by atoms with E-state index in [-0.39, 0.29) is 17.3 Å². The summed E-state index contributed by atoms with van der Waals surface area (Å²) in [7, 11) is 0. The molecule has 0 aliphatic carbocycles. The summed E-state index contributed by atoms with van der Waals surface area (Å²) in [6, 6.07) is 10.4. The van der Waals surface area contributed by atoms with Crippen LogP contribution in [0.15, 0.2) is 58.7 Å². The van der Waals surface area contributed by atoms with Crippen LogP contribution >= 0.6 is 0 Å². The van der Waals surface area contributed by atoms with E-state index in [9.17, 15) is 9.59 Å². The van der Waals surface area contributed by atoms with Gasteiger partial charge in [0.1, 0.15) is 0 Å². The largest absolute Gasteiger partial charge is 0.292 e. The molecule has 2 aromatic heterocycles. The summed E-state index contributed by atoms with van der Waals surface area (Å²) in [6.45, 7) is 5.46. The van der Waals surface area contributed by atoms with E-state index in [0.29, 0.717) is 16.5 Å². The molecule has 0 fully saturated rings. The van der Waals surface area contributed by atoms with Gasteiger partial charge in [0, 0.05) is 23.3 Å². The Hall–Kier alpha value is -3.35. The lowest BCUT2D eigenvalue weighted by molar-refractivity contribution is 0.0949. The molecule has 7 heteroatoms. The molecule has 0 saturated heterocycles. The molecule has 7 nitrogen and oxygen atoms in total. The second kappa shape index (κ2) is 7.26. The number of hydrogen-bond acceptors (Lipinski definition) is 5. The first-order valence-corrected chi connectivity index (χ1v) is 8.25. The molecule has 3 aromatic rings. The number of carbonyl (C=O) groups is 1. The summed E-state index contributed by atoms with van der Waals surface area (Å²) in [5, 5.41) is 9.34. The minimum atomic E-state index is -0.473. The zero-order valence-electron chi connectivity index (χ0n) is 14.8. The number of rotatable bonds is 4. The third-order valence-corrected chi connectivity index (χ3v) is 3.94. The van der Waals surface area contributed by atoms with Crippen LogP contribution in [0.1, 0.15) is 42.9 Å². The molecular formula is C19H19N5O2. The average molecular weight is 349 g/mol. The van der Waals surface area contributed by atoms with E-state index in [0.717, 1.165) is 5.56 Å². The Balaban J connectivity index is 2.01. The van der Waals surface area contributed by atoms with Crippen LogP contribution in [0.4, 0.5) is 0 Å². The lowest BCUT2D eigenvalue weighted by atomic mass is 10.1. The first-order chi connectivity index (χ1) is 12.5. The minimum absolute atomic E-state index is 0.164. The van der Waals surface area contributed by atoms with Crippen molar-refractivity contribution in [2.24, 2.45) is 5.10 Å². The van der Waals surface area contributed by atoms with Gasteiger partial charge in [-0.2, -0.15) is 10.2 Å². The van der Waals surface area contributed by atoms with E-state index in [1.165, 1.54) is 4.68 Å². The van der Waals surface area contributed by atoms with Crippen LogP contribution in [0.3, 0.4) is 0 Å². The topological polar surface area (TPSA) is 89.2 Å². The van der Waals surface area contributed by atoms with Crippen LogP contribution in [-0.2, 0) is 0 Å². The van der Waals surface area contributed by atoms with Crippen molar-refractivity contribution in [2.45, 2.75) is 26.8 Å². The monoisotopic (exact) mass is 349 g/mol. The molecule has 3 rings (SSSR count). The van der Waals surface area contributed by atoms with Gasteiger partial charge in [0.05, 0.1) is 17.1 Å². The number of aromatic nitrogens is 3. The van der Waals surface area contributed by atoms with Crippen LogP contribution in [0.25, 0.3) is 10.8 Å².